The fourth-order valence-electron chi connectivity index (χ4n) is 2.20. The van der Waals surface area contributed by atoms with Gasteiger partial charge < -0.3 is 5.32 Å². The average Bonchev–Trinajstić information content (AvgIpc) is 2.71. The summed E-state index contributed by atoms with van der Waals surface area (Å²) < 4.78 is 1.98. The van der Waals surface area contributed by atoms with Crippen LogP contribution in [0.4, 0.5) is 0 Å². The third kappa shape index (κ3) is 2.83. The molecule has 17 heavy (non-hydrogen) atoms. The molecule has 0 aromatic carbocycles. The van der Waals surface area contributed by atoms with Crippen molar-refractivity contribution in [3.05, 3.63) is 18.0 Å². The van der Waals surface area contributed by atoms with Crippen molar-refractivity contribution >= 4 is 23.5 Å². The van der Waals surface area contributed by atoms with Gasteiger partial charge in [-0.15, -0.1) is 0 Å². The predicted molar refractivity (Wildman–Crippen MR) is 77.8 cm³/mol. The van der Waals surface area contributed by atoms with E-state index in [9.17, 15) is 0 Å². The lowest BCUT2D eigenvalue weighted by Gasteiger charge is -2.35. The van der Waals surface area contributed by atoms with Gasteiger partial charge in [0.25, 0.3) is 0 Å². The highest BCUT2D eigenvalue weighted by Crippen LogP contribution is 2.40. The van der Waals surface area contributed by atoms with Gasteiger partial charge >= 0.3 is 0 Å². The maximum absolute atomic E-state index is 4.27. The molecule has 5 heteroatoms. The van der Waals surface area contributed by atoms with Crippen molar-refractivity contribution in [2.24, 2.45) is 7.05 Å². The third-order valence-corrected chi connectivity index (χ3v) is 6.93. The number of nitrogens with zero attached hydrogens (tertiary/aromatic N) is 2. The lowest BCUT2D eigenvalue weighted by atomic mass is 10.1. The molecular formula is C12H21N3S2. The molecule has 1 aromatic rings. The minimum Gasteiger partial charge on any atom is -0.311 e. The number of thioether (sulfide) groups is 2. The molecule has 3 nitrogen and oxygen atoms in total. The first-order chi connectivity index (χ1) is 8.13. The molecule has 1 aromatic heterocycles. The molecule has 1 N–H and O–H groups in total. The molecule has 4 unspecified atom stereocenters. The van der Waals surface area contributed by atoms with Crippen LogP contribution in [-0.2, 0) is 7.05 Å². The molecule has 0 bridgehead atoms. The van der Waals surface area contributed by atoms with Crippen LogP contribution in [0.3, 0.4) is 0 Å². The third-order valence-electron chi connectivity index (χ3n) is 3.43. The van der Waals surface area contributed by atoms with Gasteiger partial charge in [0.2, 0.25) is 0 Å². The largest absolute Gasteiger partial charge is 0.311 e. The van der Waals surface area contributed by atoms with E-state index in [4.69, 9.17) is 0 Å². The summed E-state index contributed by atoms with van der Waals surface area (Å²) in [5, 5.41) is 9.85. The van der Waals surface area contributed by atoms with Crippen LogP contribution >= 0.6 is 23.5 Å². The maximum Gasteiger partial charge on any atom is 0.0618 e. The summed E-state index contributed by atoms with van der Waals surface area (Å²) in [6, 6.07) is 2.52. The summed E-state index contributed by atoms with van der Waals surface area (Å²) >= 11 is 4.20. The number of aromatic nitrogens is 2. The second-order valence-electron chi connectivity index (χ2n) is 4.56. The molecule has 1 aliphatic rings. The quantitative estimate of drug-likeness (QED) is 0.914. The Balaban J connectivity index is 2.12. The fraction of sp³-hybridized carbons (Fsp3) is 0.750. The van der Waals surface area contributed by atoms with E-state index in [0.717, 1.165) is 10.5 Å². The molecular weight excluding hydrogens is 250 g/mol. The Labute approximate surface area is 112 Å². The summed E-state index contributed by atoms with van der Waals surface area (Å²) in [6.45, 7) is 4.67. The number of hydrogen-bond donors (Lipinski definition) is 1. The smallest absolute Gasteiger partial charge is 0.0618 e. The van der Waals surface area contributed by atoms with E-state index in [-0.39, 0.29) is 0 Å². The van der Waals surface area contributed by atoms with Gasteiger partial charge in [-0.2, -0.15) is 28.6 Å². The van der Waals surface area contributed by atoms with Crippen LogP contribution in [0.2, 0.25) is 0 Å². The van der Waals surface area contributed by atoms with Gasteiger partial charge in [-0.25, -0.2) is 0 Å². The van der Waals surface area contributed by atoms with Crippen molar-refractivity contribution in [2.75, 3.05) is 12.8 Å². The van der Waals surface area contributed by atoms with E-state index in [2.05, 4.69) is 53.9 Å². The fourth-order valence-corrected chi connectivity index (χ4v) is 5.34. The van der Waals surface area contributed by atoms with Crippen LogP contribution < -0.4 is 5.32 Å². The van der Waals surface area contributed by atoms with E-state index >= 15 is 0 Å². The Kier molecular flexibility index (Phi) is 4.44. The number of hydrogen-bond acceptors (Lipinski definition) is 4. The molecule has 0 aliphatic carbocycles. The summed E-state index contributed by atoms with van der Waals surface area (Å²) in [4.78, 5) is 0. The van der Waals surface area contributed by atoms with Gasteiger partial charge in [0.05, 0.1) is 11.7 Å². The second-order valence-corrected chi connectivity index (χ2v) is 7.60. The molecule has 0 spiro atoms. The average molecular weight is 271 g/mol. The Morgan fingerprint density at radius 2 is 2.24 bits per heavy atom. The number of rotatable bonds is 3. The standard InChI is InChI=1S/C12H21N3S2/c1-8-9(2)17-11(7-16-8)12(13-3)10-5-6-14-15(10)4/h5-6,8-9,11-13H,7H2,1-4H3. The Bertz CT molecular complexity index is 366. The molecule has 2 heterocycles. The SMILES string of the molecule is CNC(c1ccnn1C)C1CSC(C)C(C)S1. The molecule has 1 fully saturated rings. The van der Waals surface area contributed by atoms with E-state index in [1.165, 1.54) is 11.4 Å². The van der Waals surface area contributed by atoms with Gasteiger partial charge in [0.15, 0.2) is 0 Å². The molecule has 0 radical (unpaired) electrons. The molecule has 1 saturated heterocycles. The molecule has 0 saturated carbocycles. The van der Waals surface area contributed by atoms with Gasteiger partial charge in [0, 0.05) is 34.7 Å². The van der Waals surface area contributed by atoms with Crippen molar-refractivity contribution in [1.82, 2.24) is 15.1 Å². The van der Waals surface area contributed by atoms with Crippen LogP contribution in [0.15, 0.2) is 12.3 Å². The first-order valence-corrected chi connectivity index (χ1v) is 8.05. The zero-order chi connectivity index (χ0) is 12.4. The van der Waals surface area contributed by atoms with Crippen LogP contribution in [0.25, 0.3) is 0 Å². The number of aryl methyl sites for hydroxylation is 1. The lowest BCUT2D eigenvalue weighted by molar-refractivity contribution is 0.536. The summed E-state index contributed by atoms with van der Waals surface area (Å²) in [7, 11) is 4.07. The summed E-state index contributed by atoms with van der Waals surface area (Å²) in [5.41, 5.74) is 1.28. The van der Waals surface area contributed by atoms with Crippen molar-refractivity contribution < 1.29 is 0 Å². The summed E-state index contributed by atoms with van der Waals surface area (Å²) in [6.07, 6.45) is 1.88. The molecule has 96 valence electrons. The molecule has 1 aliphatic heterocycles. The van der Waals surface area contributed by atoms with Crippen molar-refractivity contribution in [3.63, 3.8) is 0 Å². The number of nitrogens with one attached hydrogen (secondary N) is 1. The first-order valence-electron chi connectivity index (χ1n) is 6.05. The van der Waals surface area contributed by atoms with Crippen molar-refractivity contribution in [3.8, 4) is 0 Å². The monoisotopic (exact) mass is 271 g/mol. The van der Waals surface area contributed by atoms with Gasteiger partial charge in [0.1, 0.15) is 0 Å². The lowest BCUT2D eigenvalue weighted by Crippen LogP contribution is -2.36. The van der Waals surface area contributed by atoms with Crippen molar-refractivity contribution in [1.29, 1.82) is 0 Å². The normalized spacial score (nSPS) is 31.4. The minimum absolute atomic E-state index is 0.398. The highest BCUT2D eigenvalue weighted by Gasteiger charge is 2.32. The van der Waals surface area contributed by atoms with Gasteiger partial charge in [-0.1, -0.05) is 13.8 Å². The minimum atomic E-state index is 0.398. The van der Waals surface area contributed by atoms with E-state index in [1.54, 1.807) is 0 Å². The zero-order valence-corrected chi connectivity index (χ0v) is 12.5. The van der Waals surface area contributed by atoms with Gasteiger partial charge in [-0.05, 0) is 13.1 Å². The molecule has 4 atom stereocenters. The molecule has 0 amide bonds. The Morgan fingerprint density at radius 1 is 1.47 bits per heavy atom. The second kappa shape index (κ2) is 5.67. The van der Waals surface area contributed by atoms with Gasteiger partial charge in [-0.3, -0.25) is 4.68 Å². The highest BCUT2D eigenvalue weighted by atomic mass is 32.2. The maximum atomic E-state index is 4.27. The van der Waals surface area contributed by atoms with Crippen LogP contribution in [0.1, 0.15) is 25.6 Å². The predicted octanol–water partition coefficient (Wildman–Crippen LogP) is 2.31. The highest BCUT2D eigenvalue weighted by molar-refractivity contribution is 8.07. The molecule has 2 rings (SSSR count). The van der Waals surface area contributed by atoms with Crippen LogP contribution in [0.5, 0.6) is 0 Å². The zero-order valence-electron chi connectivity index (χ0n) is 10.9. The van der Waals surface area contributed by atoms with Crippen LogP contribution in [0, 0.1) is 0 Å². The topological polar surface area (TPSA) is 29.9 Å². The van der Waals surface area contributed by atoms with Crippen LogP contribution in [-0.4, -0.2) is 38.3 Å². The van der Waals surface area contributed by atoms with E-state index in [1.807, 2.05) is 25.0 Å². The Morgan fingerprint density at radius 3 is 2.76 bits per heavy atom. The van der Waals surface area contributed by atoms with Crippen molar-refractivity contribution in [2.45, 2.75) is 35.6 Å². The first kappa shape index (κ1) is 13.3. The van der Waals surface area contributed by atoms with E-state index < -0.39 is 0 Å². The Hall–Kier alpha value is -0.130. The summed E-state index contributed by atoms with van der Waals surface area (Å²) in [5.74, 6) is 1.22. The van der Waals surface area contributed by atoms with E-state index in [0.29, 0.717) is 11.3 Å².